The first-order valence-corrected chi connectivity index (χ1v) is 7.23. The van der Waals surface area contributed by atoms with Crippen LogP contribution in [0.5, 0.6) is 0 Å². The van der Waals surface area contributed by atoms with Gasteiger partial charge >= 0.3 is 0 Å². The molecule has 1 aliphatic carbocycles. The van der Waals surface area contributed by atoms with Gasteiger partial charge in [0.15, 0.2) is 0 Å². The van der Waals surface area contributed by atoms with Gasteiger partial charge in [-0.15, -0.1) is 0 Å². The summed E-state index contributed by atoms with van der Waals surface area (Å²) in [5.41, 5.74) is 7.27. The number of nitrogens with zero attached hydrogens (tertiary/aromatic N) is 2. The molecule has 1 aliphatic rings. The fourth-order valence-corrected chi connectivity index (χ4v) is 3.08. The highest BCUT2D eigenvalue weighted by atomic mass is 16.1. The van der Waals surface area contributed by atoms with E-state index in [0.29, 0.717) is 18.0 Å². The molecule has 5 heteroatoms. The van der Waals surface area contributed by atoms with Gasteiger partial charge in [0, 0.05) is 18.8 Å². The molecule has 2 heterocycles. The van der Waals surface area contributed by atoms with Crippen LogP contribution in [-0.2, 0) is 0 Å². The van der Waals surface area contributed by atoms with Gasteiger partial charge in [-0.1, -0.05) is 18.9 Å². The molecule has 2 aromatic rings. The number of amides is 1. The summed E-state index contributed by atoms with van der Waals surface area (Å²) >= 11 is 0. The first-order chi connectivity index (χ1) is 9.79. The number of nitrogens with one attached hydrogen (secondary N) is 1. The number of aromatic nitrogens is 2. The minimum Gasteiger partial charge on any atom is -0.348 e. The Hall–Kier alpha value is -1.88. The molecule has 0 saturated heterocycles. The molecule has 0 radical (unpaired) electrons. The van der Waals surface area contributed by atoms with Gasteiger partial charge in [-0.25, -0.2) is 4.52 Å². The predicted octanol–water partition coefficient (Wildman–Crippen LogP) is 1.58. The molecule has 1 amide bonds. The first kappa shape index (κ1) is 13.1. The summed E-state index contributed by atoms with van der Waals surface area (Å²) in [6.45, 7) is 0.496. The van der Waals surface area contributed by atoms with Crippen molar-refractivity contribution in [1.29, 1.82) is 0 Å². The summed E-state index contributed by atoms with van der Waals surface area (Å²) < 4.78 is 1.71. The zero-order chi connectivity index (χ0) is 13.9. The predicted molar refractivity (Wildman–Crippen MR) is 77.5 cm³/mol. The maximum Gasteiger partial charge on any atom is 0.255 e. The van der Waals surface area contributed by atoms with Crippen LogP contribution in [-0.4, -0.2) is 28.1 Å². The Bertz CT molecular complexity index is 601. The Labute approximate surface area is 118 Å². The first-order valence-electron chi connectivity index (χ1n) is 7.23. The second-order valence-electron chi connectivity index (χ2n) is 5.45. The van der Waals surface area contributed by atoms with Crippen molar-refractivity contribution in [2.75, 3.05) is 6.54 Å². The van der Waals surface area contributed by atoms with E-state index in [1.54, 1.807) is 10.7 Å². The van der Waals surface area contributed by atoms with Crippen LogP contribution >= 0.6 is 0 Å². The Morgan fingerprint density at radius 2 is 2.25 bits per heavy atom. The topological polar surface area (TPSA) is 72.4 Å². The van der Waals surface area contributed by atoms with E-state index in [1.807, 2.05) is 24.4 Å². The summed E-state index contributed by atoms with van der Waals surface area (Å²) in [6, 6.07) is 5.77. The third-order valence-electron chi connectivity index (χ3n) is 4.21. The lowest BCUT2D eigenvalue weighted by Crippen LogP contribution is -2.44. The minimum atomic E-state index is -0.0754. The van der Waals surface area contributed by atoms with E-state index < -0.39 is 0 Å². The Morgan fingerprint density at radius 1 is 1.45 bits per heavy atom. The molecule has 3 N–H and O–H groups in total. The molecule has 0 spiro atoms. The number of carbonyl (C=O) groups excluding carboxylic acids is 1. The Kier molecular flexibility index (Phi) is 3.69. The van der Waals surface area contributed by atoms with Crippen molar-refractivity contribution in [3.8, 4) is 0 Å². The molecule has 106 valence electrons. The number of fused-ring (bicyclic) bond motifs is 1. The van der Waals surface area contributed by atoms with Crippen LogP contribution in [0, 0.1) is 5.92 Å². The standard InChI is InChI=1S/C15H20N4O/c16-9-13(11-5-1-2-6-11)18-15(20)12-10-17-19-8-4-3-7-14(12)19/h3-4,7-8,10-11,13H,1-2,5-6,9,16H2,(H,18,20). The monoisotopic (exact) mass is 272 g/mol. The van der Waals surface area contributed by atoms with Gasteiger partial charge in [0.2, 0.25) is 0 Å². The second-order valence-corrected chi connectivity index (χ2v) is 5.45. The van der Waals surface area contributed by atoms with Gasteiger partial charge < -0.3 is 11.1 Å². The third kappa shape index (κ3) is 2.41. The molecule has 20 heavy (non-hydrogen) atoms. The van der Waals surface area contributed by atoms with Gasteiger partial charge in [-0.2, -0.15) is 5.10 Å². The largest absolute Gasteiger partial charge is 0.348 e. The number of carbonyl (C=O) groups is 1. The Balaban J connectivity index is 1.78. The smallest absolute Gasteiger partial charge is 0.255 e. The minimum absolute atomic E-state index is 0.0728. The van der Waals surface area contributed by atoms with E-state index in [2.05, 4.69) is 10.4 Å². The van der Waals surface area contributed by atoms with Crippen LogP contribution < -0.4 is 11.1 Å². The molecule has 1 atom stereocenters. The highest BCUT2D eigenvalue weighted by Crippen LogP contribution is 2.27. The number of hydrogen-bond acceptors (Lipinski definition) is 3. The second kappa shape index (κ2) is 5.63. The summed E-state index contributed by atoms with van der Waals surface area (Å²) in [5, 5.41) is 7.28. The number of rotatable bonds is 4. The molecule has 5 nitrogen and oxygen atoms in total. The summed E-state index contributed by atoms with van der Waals surface area (Å²) in [4.78, 5) is 12.4. The fraction of sp³-hybridized carbons (Fsp3) is 0.467. The van der Waals surface area contributed by atoms with E-state index >= 15 is 0 Å². The molecule has 1 saturated carbocycles. The molecule has 3 rings (SSSR count). The van der Waals surface area contributed by atoms with Gasteiger partial charge in [-0.05, 0) is 30.9 Å². The zero-order valence-electron chi connectivity index (χ0n) is 11.5. The van der Waals surface area contributed by atoms with Crippen molar-refractivity contribution in [3.05, 3.63) is 36.2 Å². The lowest BCUT2D eigenvalue weighted by atomic mass is 9.98. The van der Waals surface area contributed by atoms with Crippen LogP contribution in [0.2, 0.25) is 0 Å². The van der Waals surface area contributed by atoms with Gasteiger partial charge in [0.05, 0.1) is 17.3 Å². The lowest BCUT2D eigenvalue weighted by Gasteiger charge is -2.22. The normalized spacial score (nSPS) is 17.4. The van der Waals surface area contributed by atoms with Crippen molar-refractivity contribution in [3.63, 3.8) is 0 Å². The van der Waals surface area contributed by atoms with Gasteiger partial charge in [-0.3, -0.25) is 4.79 Å². The molecular weight excluding hydrogens is 252 g/mol. The molecule has 1 unspecified atom stereocenters. The summed E-state index contributed by atoms with van der Waals surface area (Å²) in [5.74, 6) is 0.444. The highest BCUT2D eigenvalue weighted by molar-refractivity contribution is 6.00. The van der Waals surface area contributed by atoms with Crippen LogP contribution in [0.15, 0.2) is 30.6 Å². The average molecular weight is 272 g/mol. The van der Waals surface area contributed by atoms with Crippen molar-refractivity contribution in [2.45, 2.75) is 31.7 Å². The zero-order valence-corrected chi connectivity index (χ0v) is 11.5. The lowest BCUT2D eigenvalue weighted by molar-refractivity contribution is 0.0926. The highest BCUT2D eigenvalue weighted by Gasteiger charge is 2.26. The fourth-order valence-electron chi connectivity index (χ4n) is 3.08. The van der Waals surface area contributed by atoms with Crippen LogP contribution in [0.4, 0.5) is 0 Å². The number of hydrogen-bond donors (Lipinski definition) is 2. The van der Waals surface area contributed by atoms with E-state index in [0.717, 1.165) is 18.4 Å². The summed E-state index contributed by atoms with van der Waals surface area (Å²) in [7, 11) is 0. The van der Waals surface area contributed by atoms with E-state index in [9.17, 15) is 4.79 Å². The van der Waals surface area contributed by atoms with Crippen LogP contribution in [0.1, 0.15) is 36.0 Å². The molecular formula is C15H20N4O. The third-order valence-corrected chi connectivity index (χ3v) is 4.21. The molecule has 0 aliphatic heterocycles. The molecule has 2 aromatic heterocycles. The number of pyridine rings is 1. The van der Waals surface area contributed by atoms with Crippen molar-refractivity contribution in [2.24, 2.45) is 11.7 Å². The van der Waals surface area contributed by atoms with Crippen LogP contribution in [0.25, 0.3) is 5.52 Å². The van der Waals surface area contributed by atoms with E-state index in [4.69, 9.17) is 5.73 Å². The van der Waals surface area contributed by atoms with E-state index in [-0.39, 0.29) is 11.9 Å². The maximum absolute atomic E-state index is 12.4. The Morgan fingerprint density at radius 3 is 3.00 bits per heavy atom. The van der Waals surface area contributed by atoms with Crippen molar-refractivity contribution >= 4 is 11.4 Å². The number of nitrogens with two attached hydrogens (primary N) is 1. The van der Waals surface area contributed by atoms with Crippen LogP contribution in [0.3, 0.4) is 0 Å². The van der Waals surface area contributed by atoms with Crippen molar-refractivity contribution in [1.82, 2.24) is 14.9 Å². The quantitative estimate of drug-likeness (QED) is 0.887. The SMILES string of the molecule is NCC(NC(=O)c1cnn2ccccc12)C1CCCC1. The molecule has 0 aromatic carbocycles. The molecule has 0 bridgehead atoms. The van der Waals surface area contributed by atoms with Gasteiger partial charge in [0.1, 0.15) is 0 Å². The van der Waals surface area contributed by atoms with Crippen molar-refractivity contribution < 1.29 is 4.79 Å². The maximum atomic E-state index is 12.4. The summed E-state index contributed by atoms with van der Waals surface area (Å²) in [6.07, 6.45) is 8.27. The van der Waals surface area contributed by atoms with Gasteiger partial charge in [0.25, 0.3) is 5.91 Å². The molecule has 1 fully saturated rings. The van der Waals surface area contributed by atoms with E-state index in [1.165, 1.54) is 12.8 Å². The average Bonchev–Trinajstić information content (AvgIpc) is 3.13.